The third-order valence-electron chi connectivity index (χ3n) is 5.13. The number of carboxylic acid groups (broad SMARTS) is 1. The summed E-state index contributed by atoms with van der Waals surface area (Å²) >= 11 is 19.6. The second-order valence-corrected chi connectivity index (χ2v) is 10.4. The Morgan fingerprint density at radius 2 is 1.73 bits per heavy atom. The molecular weight excluding hydrogens is 678 g/mol. The minimum absolute atomic E-state index is 0.0302. The predicted molar refractivity (Wildman–Crippen MR) is 158 cm³/mol. The number of aliphatic hydroxyl groups excluding tert-OH is 1. The first-order chi connectivity index (χ1) is 20.6. The number of carbonyl (C=O) groups excluding carboxylic acids is 3. The molecule has 3 rings (SSSR count). The SMILES string of the molecule is COc1cc(Cl)cc(C(=O)Nc2ccc(Cl)cn2)c1NC(=O)c1scc(CN(C)C(=O)NCCO)c1Cl.O=C(O)C(F)(F)F. The maximum Gasteiger partial charge on any atom is 0.490 e. The molecule has 0 bridgehead atoms. The molecule has 0 saturated heterocycles. The van der Waals surface area contributed by atoms with Gasteiger partial charge in [0.1, 0.15) is 16.4 Å². The lowest BCUT2D eigenvalue weighted by Gasteiger charge is -2.17. The Kier molecular flexibility index (Phi) is 13.5. The molecule has 0 fully saturated rings. The van der Waals surface area contributed by atoms with Crippen LogP contribution < -0.4 is 20.7 Å². The molecule has 2 aromatic heterocycles. The van der Waals surface area contributed by atoms with Crippen molar-refractivity contribution in [1.29, 1.82) is 0 Å². The minimum atomic E-state index is -5.08. The number of anilines is 2. The Morgan fingerprint density at radius 1 is 1.07 bits per heavy atom. The number of halogens is 6. The van der Waals surface area contributed by atoms with E-state index in [1.54, 1.807) is 18.5 Å². The number of nitrogens with zero attached hydrogens (tertiary/aromatic N) is 2. The van der Waals surface area contributed by atoms with E-state index >= 15 is 0 Å². The number of carboxylic acids is 1. The second-order valence-electron chi connectivity index (χ2n) is 8.32. The van der Waals surface area contributed by atoms with Gasteiger partial charge in [0.05, 0.1) is 35.0 Å². The molecule has 0 unspecified atom stereocenters. The first-order valence-corrected chi connectivity index (χ1v) is 13.9. The third-order valence-corrected chi connectivity index (χ3v) is 7.14. The molecule has 0 radical (unpaired) electrons. The van der Waals surface area contributed by atoms with Crippen molar-refractivity contribution in [2.24, 2.45) is 0 Å². The number of nitrogens with one attached hydrogen (secondary N) is 3. The molecule has 3 aromatic rings. The highest BCUT2D eigenvalue weighted by molar-refractivity contribution is 7.13. The highest BCUT2D eigenvalue weighted by atomic mass is 35.5. The molecule has 0 spiro atoms. The van der Waals surface area contributed by atoms with Gasteiger partial charge in [-0.25, -0.2) is 14.6 Å². The Hall–Kier alpha value is -3.83. The van der Waals surface area contributed by atoms with Crippen LogP contribution in [0.25, 0.3) is 0 Å². The fraction of sp³-hybridized carbons (Fsp3) is 0.240. The number of amides is 4. The van der Waals surface area contributed by atoms with Gasteiger partial charge in [-0.2, -0.15) is 13.2 Å². The van der Waals surface area contributed by atoms with Gasteiger partial charge in [-0.15, -0.1) is 11.3 Å². The van der Waals surface area contributed by atoms with Crippen LogP contribution in [-0.2, 0) is 11.3 Å². The van der Waals surface area contributed by atoms with Crippen LogP contribution in [0.4, 0.5) is 29.5 Å². The third kappa shape index (κ3) is 10.4. The molecule has 19 heteroatoms. The normalized spacial score (nSPS) is 10.7. The quantitative estimate of drug-likeness (QED) is 0.198. The molecule has 1 aromatic carbocycles. The topological polar surface area (TPSA) is 170 Å². The van der Waals surface area contributed by atoms with Crippen molar-refractivity contribution in [3.63, 3.8) is 0 Å². The first-order valence-electron chi connectivity index (χ1n) is 11.9. The van der Waals surface area contributed by atoms with Crippen molar-refractivity contribution in [2.75, 3.05) is 37.9 Å². The number of carbonyl (C=O) groups is 4. The number of ether oxygens (including phenoxy) is 1. The first kappa shape index (κ1) is 36.4. The van der Waals surface area contributed by atoms with Crippen molar-refractivity contribution in [1.82, 2.24) is 15.2 Å². The largest absolute Gasteiger partial charge is 0.494 e. The molecule has 238 valence electrons. The van der Waals surface area contributed by atoms with Crippen LogP contribution in [0, 0.1) is 0 Å². The van der Waals surface area contributed by atoms with Crippen LogP contribution in [0.3, 0.4) is 0 Å². The number of urea groups is 1. The van der Waals surface area contributed by atoms with Gasteiger partial charge in [0.2, 0.25) is 0 Å². The second kappa shape index (κ2) is 16.3. The van der Waals surface area contributed by atoms with Crippen molar-refractivity contribution < 1.29 is 47.3 Å². The fourth-order valence-corrected chi connectivity index (χ4v) is 4.68. The van der Waals surface area contributed by atoms with E-state index in [-0.39, 0.29) is 57.4 Å². The highest BCUT2D eigenvalue weighted by Gasteiger charge is 2.38. The number of aliphatic hydroxyl groups is 1. The molecule has 12 nitrogen and oxygen atoms in total. The summed E-state index contributed by atoms with van der Waals surface area (Å²) in [5, 5.41) is 26.3. The van der Waals surface area contributed by atoms with Crippen LogP contribution in [0.5, 0.6) is 5.75 Å². The number of hydrogen-bond acceptors (Lipinski definition) is 8. The van der Waals surface area contributed by atoms with Crippen LogP contribution in [0.2, 0.25) is 15.1 Å². The molecule has 2 heterocycles. The molecule has 0 aliphatic rings. The molecule has 4 amide bonds. The Labute approximate surface area is 266 Å². The lowest BCUT2D eigenvalue weighted by atomic mass is 10.1. The monoisotopic (exact) mass is 699 g/mol. The smallest absolute Gasteiger partial charge is 0.490 e. The summed E-state index contributed by atoms with van der Waals surface area (Å²) in [6.07, 6.45) is -3.71. The zero-order valence-electron chi connectivity index (χ0n) is 22.6. The highest BCUT2D eigenvalue weighted by Crippen LogP contribution is 2.35. The minimum Gasteiger partial charge on any atom is -0.494 e. The van der Waals surface area contributed by atoms with Gasteiger partial charge in [-0.3, -0.25) is 9.59 Å². The van der Waals surface area contributed by atoms with E-state index in [0.717, 1.165) is 11.3 Å². The zero-order chi connectivity index (χ0) is 33.2. The maximum atomic E-state index is 13.2. The van der Waals surface area contributed by atoms with Crippen LogP contribution in [-0.4, -0.2) is 77.4 Å². The summed E-state index contributed by atoms with van der Waals surface area (Å²) in [6, 6.07) is 5.52. The van der Waals surface area contributed by atoms with Crippen molar-refractivity contribution in [2.45, 2.75) is 12.7 Å². The predicted octanol–water partition coefficient (Wildman–Crippen LogP) is 5.38. The van der Waals surface area contributed by atoms with Gasteiger partial charge in [-0.05, 0) is 23.6 Å². The number of aromatic nitrogens is 1. The number of benzene rings is 1. The van der Waals surface area contributed by atoms with E-state index in [1.165, 1.54) is 36.4 Å². The van der Waals surface area contributed by atoms with Crippen molar-refractivity contribution in [3.05, 3.63) is 66.9 Å². The van der Waals surface area contributed by atoms with E-state index in [2.05, 4.69) is 20.9 Å². The summed E-state index contributed by atoms with van der Waals surface area (Å²) in [7, 11) is 2.93. The Morgan fingerprint density at radius 3 is 2.27 bits per heavy atom. The zero-order valence-corrected chi connectivity index (χ0v) is 25.7. The number of rotatable bonds is 9. The number of hydrogen-bond donors (Lipinski definition) is 5. The standard InChI is InChI=1S/C23H22Cl3N5O5S.C2HF3O2/c1-31(23(35)27-5-6-32)10-12-11-37-20(18(12)26)22(34)30-19-15(7-14(25)8-16(19)36-2)21(33)29-17-4-3-13(24)9-28-17;3-2(4,5)1(6)7/h3-4,7-9,11,32H,5-6,10H2,1-2H3,(H,27,35)(H,30,34)(H,28,29,33);(H,6,7). The van der Waals surface area contributed by atoms with Crippen LogP contribution in [0.1, 0.15) is 25.6 Å². The molecule has 0 saturated carbocycles. The van der Waals surface area contributed by atoms with Crippen LogP contribution >= 0.6 is 46.1 Å². The van der Waals surface area contributed by atoms with Gasteiger partial charge in [-0.1, -0.05) is 34.8 Å². The van der Waals surface area contributed by atoms with Crippen molar-refractivity contribution >= 4 is 81.5 Å². The molecule has 0 aliphatic heterocycles. The Bertz CT molecular complexity index is 1510. The van der Waals surface area contributed by atoms with Gasteiger partial charge < -0.3 is 35.8 Å². The molecule has 5 N–H and O–H groups in total. The van der Waals surface area contributed by atoms with Gasteiger partial charge in [0.15, 0.2) is 0 Å². The summed E-state index contributed by atoms with van der Waals surface area (Å²) in [4.78, 5) is 52.8. The molecule has 0 aliphatic carbocycles. The van der Waals surface area contributed by atoms with Gasteiger partial charge in [0, 0.05) is 43.0 Å². The lowest BCUT2D eigenvalue weighted by molar-refractivity contribution is -0.192. The van der Waals surface area contributed by atoms with Gasteiger partial charge >= 0.3 is 18.2 Å². The number of aliphatic carboxylic acids is 1. The number of thiophene rings is 1. The summed E-state index contributed by atoms with van der Waals surface area (Å²) in [5.41, 5.74) is 0.658. The molecular formula is C25H23Cl3F3N5O7S. The van der Waals surface area contributed by atoms with Crippen LogP contribution in [0.15, 0.2) is 35.8 Å². The average Bonchev–Trinajstić information content (AvgIpc) is 3.32. The van der Waals surface area contributed by atoms with E-state index in [1.807, 2.05) is 0 Å². The average molecular weight is 701 g/mol. The van der Waals surface area contributed by atoms with E-state index < -0.39 is 30.0 Å². The summed E-state index contributed by atoms with van der Waals surface area (Å²) in [6.45, 7) is 0.0560. The van der Waals surface area contributed by atoms with Gasteiger partial charge in [0.25, 0.3) is 11.8 Å². The summed E-state index contributed by atoms with van der Waals surface area (Å²) < 4.78 is 37.1. The Balaban J connectivity index is 0.000000860. The van der Waals surface area contributed by atoms with Crippen molar-refractivity contribution in [3.8, 4) is 5.75 Å². The number of methoxy groups -OCH3 is 1. The molecule has 0 atom stereocenters. The molecule has 44 heavy (non-hydrogen) atoms. The van der Waals surface area contributed by atoms with E-state index in [0.29, 0.717) is 10.6 Å². The fourth-order valence-electron chi connectivity index (χ4n) is 3.12. The lowest BCUT2D eigenvalue weighted by Crippen LogP contribution is -2.38. The van der Waals surface area contributed by atoms with E-state index in [4.69, 9.17) is 54.5 Å². The summed E-state index contributed by atoms with van der Waals surface area (Å²) in [5.74, 6) is -3.55. The number of pyridine rings is 1. The van der Waals surface area contributed by atoms with E-state index in [9.17, 15) is 27.6 Å². The maximum absolute atomic E-state index is 13.2. The number of alkyl halides is 3.